The van der Waals surface area contributed by atoms with Crippen molar-refractivity contribution in [3.8, 4) is 11.8 Å². The van der Waals surface area contributed by atoms with Crippen LogP contribution in [0, 0.1) is 11.3 Å². The first kappa shape index (κ1) is 17.3. The van der Waals surface area contributed by atoms with E-state index >= 15 is 0 Å². The second-order valence-corrected chi connectivity index (χ2v) is 5.26. The summed E-state index contributed by atoms with van der Waals surface area (Å²) in [5.41, 5.74) is 1.85. The Morgan fingerprint density at radius 3 is 2.50 bits per heavy atom. The predicted molar refractivity (Wildman–Crippen MR) is 94.1 cm³/mol. The van der Waals surface area contributed by atoms with E-state index in [1.54, 1.807) is 6.08 Å². The number of carbonyl (C=O) groups is 1. The molecule has 0 aliphatic heterocycles. The molecule has 4 nitrogen and oxygen atoms in total. The molecule has 0 unspecified atom stereocenters. The molecule has 0 fully saturated rings. The van der Waals surface area contributed by atoms with Crippen molar-refractivity contribution in [2.24, 2.45) is 0 Å². The molecule has 0 saturated heterocycles. The first-order valence-corrected chi connectivity index (χ1v) is 7.89. The van der Waals surface area contributed by atoms with Crippen molar-refractivity contribution in [3.05, 3.63) is 71.3 Å². The fourth-order valence-electron chi connectivity index (χ4n) is 2.07. The number of amides is 1. The molecule has 2 aromatic rings. The Labute approximate surface area is 142 Å². The summed E-state index contributed by atoms with van der Waals surface area (Å²) < 4.78 is 5.51. The van der Waals surface area contributed by atoms with Gasteiger partial charge in [0.15, 0.2) is 0 Å². The lowest BCUT2D eigenvalue weighted by molar-refractivity contribution is -0.117. The third kappa shape index (κ3) is 5.29. The van der Waals surface area contributed by atoms with Crippen molar-refractivity contribution in [1.29, 1.82) is 5.26 Å². The number of hydrogen-bond acceptors (Lipinski definition) is 3. The average molecular weight is 320 g/mol. The number of nitriles is 1. The standard InChI is InChI=1S/C20H20N2O2/c1-2-12-24-19-10-8-16(9-11-19)13-18(14-21)20(23)22-15-17-6-4-3-5-7-17/h3-11,13H,2,12,15H2,1H3,(H,22,23)/b18-13+. The maximum absolute atomic E-state index is 12.1. The monoisotopic (exact) mass is 320 g/mol. The van der Waals surface area contributed by atoms with Gasteiger partial charge in [-0.15, -0.1) is 0 Å². The topological polar surface area (TPSA) is 62.1 Å². The number of ether oxygens (including phenoxy) is 1. The van der Waals surface area contributed by atoms with Crippen LogP contribution >= 0.6 is 0 Å². The van der Waals surface area contributed by atoms with E-state index in [-0.39, 0.29) is 11.5 Å². The lowest BCUT2D eigenvalue weighted by Gasteiger charge is -2.06. The first-order chi connectivity index (χ1) is 11.7. The minimum absolute atomic E-state index is 0.0770. The minimum atomic E-state index is -0.382. The van der Waals surface area contributed by atoms with Crippen LogP contribution in [0.5, 0.6) is 5.75 Å². The second-order valence-electron chi connectivity index (χ2n) is 5.26. The Hall–Kier alpha value is -3.06. The van der Waals surface area contributed by atoms with Gasteiger partial charge in [0, 0.05) is 6.54 Å². The van der Waals surface area contributed by atoms with Gasteiger partial charge in [-0.3, -0.25) is 4.79 Å². The maximum Gasteiger partial charge on any atom is 0.262 e. The van der Waals surface area contributed by atoms with Crippen LogP contribution in [0.2, 0.25) is 0 Å². The molecule has 1 amide bonds. The SMILES string of the molecule is CCCOc1ccc(/C=C(\C#N)C(=O)NCc2ccccc2)cc1. The molecule has 0 aliphatic rings. The van der Waals surface area contributed by atoms with Crippen molar-refractivity contribution >= 4 is 12.0 Å². The van der Waals surface area contributed by atoms with Crippen molar-refractivity contribution in [2.45, 2.75) is 19.9 Å². The van der Waals surface area contributed by atoms with E-state index in [4.69, 9.17) is 4.74 Å². The molecule has 2 aromatic carbocycles. The molecule has 0 atom stereocenters. The molecule has 1 N–H and O–H groups in total. The van der Waals surface area contributed by atoms with E-state index in [9.17, 15) is 10.1 Å². The smallest absolute Gasteiger partial charge is 0.262 e. The van der Waals surface area contributed by atoms with Crippen molar-refractivity contribution in [2.75, 3.05) is 6.61 Å². The van der Waals surface area contributed by atoms with Gasteiger partial charge in [-0.05, 0) is 35.8 Å². The molecule has 0 aliphatic carbocycles. The van der Waals surface area contributed by atoms with E-state index in [1.807, 2.05) is 67.6 Å². The molecule has 0 spiro atoms. The predicted octanol–water partition coefficient (Wildman–Crippen LogP) is 3.70. The summed E-state index contributed by atoms with van der Waals surface area (Å²) in [6.07, 6.45) is 2.52. The lowest BCUT2D eigenvalue weighted by atomic mass is 10.1. The van der Waals surface area contributed by atoms with Crippen LogP contribution in [0.25, 0.3) is 6.08 Å². The molecule has 24 heavy (non-hydrogen) atoms. The number of nitrogens with zero attached hydrogens (tertiary/aromatic N) is 1. The van der Waals surface area contributed by atoms with Crippen LogP contribution in [0.1, 0.15) is 24.5 Å². The zero-order valence-electron chi connectivity index (χ0n) is 13.7. The normalized spacial score (nSPS) is 10.8. The lowest BCUT2D eigenvalue weighted by Crippen LogP contribution is -2.23. The third-order valence-corrected chi connectivity index (χ3v) is 3.32. The molecule has 122 valence electrons. The summed E-state index contributed by atoms with van der Waals surface area (Å²) in [6.45, 7) is 3.10. The van der Waals surface area contributed by atoms with Gasteiger partial charge in [0.1, 0.15) is 17.4 Å². The van der Waals surface area contributed by atoms with Gasteiger partial charge in [0.25, 0.3) is 5.91 Å². The summed E-state index contributed by atoms with van der Waals surface area (Å²) in [4.78, 5) is 12.1. The Morgan fingerprint density at radius 2 is 1.88 bits per heavy atom. The largest absolute Gasteiger partial charge is 0.494 e. The van der Waals surface area contributed by atoms with Gasteiger partial charge in [-0.2, -0.15) is 5.26 Å². The van der Waals surface area contributed by atoms with Crippen LogP contribution < -0.4 is 10.1 Å². The van der Waals surface area contributed by atoms with Crippen molar-refractivity contribution < 1.29 is 9.53 Å². The number of carbonyl (C=O) groups excluding carboxylic acids is 1. The molecular formula is C20H20N2O2. The minimum Gasteiger partial charge on any atom is -0.494 e. The highest BCUT2D eigenvalue weighted by Crippen LogP contribution is 2.15. The van der Waals surface area contributed by atoms with Gasteiger partial charge in [0.05, 0.1) is 6.61 Å². The zero-order valence-corrected chi connectivity index (χ0v) is 13.7. The van der Waals surface area contributed by atoms with E-state index in [1.165, 1.54) is 0 Å². The first-order valence-electron chi connectivity index (χ1n) is 7.89. The van der Waals surface area contributed by atoms with Crippen LogP contribution in [0.3, 0.4) is 0 Å². The summed E-state index contributed by atoms with van der Waals surface area (Å²) in [5.74, 6) is 0.397. The second kappa shape index (κ2) is 9.16. The average Bonchev–Trinajstić information content (AvgIpc) is 2.64. The highest BCUT2D eigenvalue weighted by molar-refractivity contribution is 6.01. The number of rotatable bonds is 7. The number of benzene rings is 2. The van der Waals surface area contributed by atoms with Crippen LogP contribution in [-0.4, -0.2) is 12.5 Å². The van der Waals surface area contributed by atoms with Gasteiger partial charge in [-0.25, -0.2) is 0 Å². The molecule has 0 bridgehead atoms. The van der Waals surface area contributed by atoms with Crippen LogP contribution in [0.4, 0.5) is 0 Å². The molecule has 0 heterocycles. The fraction of sp³-hybridized carbons (Fsp3) is 0.200. The fourth-order valence-corrected chi connectivity index (χ4v) is 2.07. The van der Waals surface area contributed by atoms with E-state index < -0.39 is 0 Å². The third-order valence-electron chi connectivity index (χ3n) is 3.32. The van der Waals surface area contributed by atoms with E-state index in [0.717, 1.165) is 23.3 Å². The maximum atomic E-state index is 12.1. The summed E-state index contributed by atoms with van der Waals surface area (Å²) in [6, 6.07) is 18.8. The van der Waals surface area contributed by atoms with Crippen LogP contribution in [0.15, 0.2) is 60.2 Å². The van der Waals surface area contributed by atoms with Crippen molar-refractivity contribution in [1.82, 2.24) is 5.32 Å². The van der Waals surface area contributed by atoms with E-state index in [2.05, 4.69) is 5.32 Å². The Morgan fingerprint density at radius 1 is 1.17 bits per heavy atom. The highest BCUT2D eigenvalue weighted by atomic mass is 16.5. The molecule has 0 aromatic heterocycles. The molecular weight excluding hydrogens is 300 g/mol. The van der Waals surface area contributed by atoms with E-state index in [0.29, 0.717) is 13.2 Å². The number of hydrogen-bond donors (Lipinski definition) is 1. The Balaban J connectivity index is 2.00. The van der Waals surface area contributed by atoms with Gasteiger partial charge >= 0.3 is 0 Å². The van der Waals surface area contributed by atoms with Gasteiger partial charge < -0.3 is 10.1 Å². The quantitative estimate of drug-likeness (QED) is 0.625. The summed E-state index contributed by atoms with van der Waals surface area (Å²) in [7, 11) is 0. The molecule has 0 radical (unpaired) electrons. The summed E-state index contributed by atoms with van der Waals surface area (Å²) in [5, 5.41) is 12.0. The molecule has 4 heteroatoms. The Kier molecular flexibility index (Phi) is 6.60. The van der Waals surface area contributed by atoms with Crippen molar-refractivity contribution in [3.63, 3.8) is 0 Å². The number of nitrogens with one attached hydrogen (secondary N) is 1. The highest BCUT2D eigenvalue weighted by Gasteiger charge is 2.08. The van der Waals surface area contributed by atoms with Gasteiger partial charge in [0.2, 0.25) is 0 Å². The van der Waals surface area contributed by atoms with Gasteiger partial charge in [-0.1, -0.05) is 49.4 Å². The Bertz CT molecular complexity index is 728. The van der Waals surface area contributed by atoms with Crippen LogP contribution in [-0.2, 0) is 11.3 Å². The summed E-state index contributed by atoms with van der Waals surface area (Å²) >= 11 is 0. The molecule has 0 saturated carbocycles. The zero-order chi connectivity index (χ0) is 17.2. The molecule has 2 rings (SSSR count).